The number of sulfonamides is 1. The molecular formula is C22H33N3O5S. The van der Waals surface area contributed by atoms with Gasteiger partial charge in [-0.3, -0.25) is 9.10 Å². The fourth-order valence-electron chi connectivity index (χ4n) is 3.36. The van der Waals surface area contributed by atoms with Gasteiger partial charge in [0, 0.05) is 13.5 Å². The van der Waals surface area contributed by atoms with Crippen LogP contribution in [0.5, 0.6) is 0 Å². The van der Waals surface area contributed by atoms with Crippen molar-refractivity contribution in [3.63, 3.8) is 0 Å². The minimum Gasteiger partial charge on any atom is -0.390 e. The number of amides is 1. The number of aliphatic hydroxyl groups is 2. The van der Waals surface area contributed by atoms with Crippen molar-refractivity contribution in [3.8, 4) is 0 Å². The molecule has 1 amide bonds. The molecule has 0 saturated heterocycles. The van der Waals surface area contributed by atoms with Crippen molar-refractivity contribution in [1.29, 1.82) is 0 Å². The molecule has 0 aliphatic carbocycles. The van der Waals surface area contributed by atoms with Crippen LogP contribution in [0.2, 0.25) is 0 Å². The van der Waals surface area contributed by atoms with Crippen molar-refractivity contribution in [2.75, 3.05) is 13.3 Å². The number of amidine groups is 1. The molecule has 0 radical (unpaired) electrons. The largest absolute Gasteiger partial charge is 0.390 e. The molecule has 31 heavy (non-hydrogen) atoms. The molecule has 1 heterocycles. The van der Waals surface area contributed by atoms with Gasteiger partial charge in [-0.1, -0.05) is 56.5 Å². The number of unbranched alkanes of at least 4 members (excludes halogenated alkanes) is 2. The first-order valence-electron chi connectivity index (χ1n) is 10.6. The van der Waals surface area contributed by atoms with E-state index in [9.17, 15) is 23.4 Å². The second kappa shape index (κ2) is 11.4. The molecule has 0 fully saturated rings. The van der Waals surface area contributed by atoms with Gasteiger partial charge in [-0.15, -0.1) is 0 Å². The molecule has 9 heteroatoms. The van der Waals surface area contributed by atoms with Crippen LogP contribution in [0.15, 0.2) is 47.1 Å². The van der Waals surface area contributed by atoms with Crippen molar-refractivity contribution >= 4 is 21.8 Å². The Morgan fingerprint density at radius 3 is 2.52 bits per heavy atom. The predicted molar refractivity (Wildman–Crippen MR) is 121 cm³/mol. The average molecular weight is 452 g/mol. The minimum atomic E-state index is -3.47. The van der Waals surface area contributed by atoms with Gasteiger partial charge in [0.05, 0.1) is 18.4 Å². The van der Waals surface area contributed by atoms with Crippen LogP contribution in [0.3, 0.4) is 0 Å². The highest BCUT2D eigenvalue weighted by molar-refractivity contribution is 7.88. The Hall–Kier alpha value is -2.23. The third kappa shape index (κ3) is 7.45. The van der Waals surface area contributed by atoms with Crippen LogP contribution in [-0.2, 0) is 21.2 Å². The molecule has 8 nitrogen and oxygen atoms in total. The summed E-state index contributed by atoms with van der Waals surface area (Å²) in [6, 6.07) is 8.68. The fourth-order valence-corrected chi connectivity index (χ4v) is 3.86. The van der Waals surface area contributed by atoms with Crippen LogP contribution < -0.4 is 5.32 Å². The summed E-state index contributed by atoms with van der Waals surface area (Å²) >= 11 is 0. The van der Waals surface area contributed by atoms with Crippen molar-refractivity contribution in [3.05, 3.63) is 47.7 Å². The van der Waals surface area contributed by atoms with Crippen LogP contribution in [-0.4, -0.2) is 66.2 Å². The van der Waals surface area contributed by atoms with Crippen molar-refractivity contribution < 1.29 is 23.4 Å². The zero-order valence-electron chi connectivity index (χ0n) is 18.4. The Labute approximate surface area is 184 Å². The molecule has 0 bridgehead atoms. The second-order valence-corrected chi connectivity index (χ2v) is 9.89. The smallest absolute Gasteiger partial charge is 0.269 e. The van der Waals surface area contributed by atoms with Crippen LogP contribution >= 0.6 is 0 Å². The van der Waals surface area contributed by atoms with Gasteiger partial charge >= 0.3 is 0 Å². The standard InChI is InChI=1S/C22H33N3O5S/c1-4-5-7-12-19(26)21(27)18(15-16-10-8-6-9-11-16)24-22(28)17-13-14-20(23-17)25(2)31(3,29)30/h6,8-11,13,18-19,21,26-27H,4-5,7,12,14-15H2,1-3H3,(H,24,28). The summed E-state index contributed by atoms with van der Waals surface area (Å²) in [7, 11) is -2.08. The van der Waals surface area contributed by atoms with E-state index in [0.717, 1.165) is 35.4 Å². The molecule has 172 valence electrons. The third-order valence-corrected chi connectivity index (χ3v) is 6.55. The van der Waals surface area contributed by atoms with E-state index in [1.807, 2.05) is 30.3 Å². The topological polar surface area (TPSA) is 119 Å². The molecule has 0 aromatic heterocycles. The Bertz CT molecular complexity index is 899. The fraction of sp³-hybridized carbons (Fsp3) is 0.545. The summed E-state index contributed by atoms with van der Waals surface area (Å²) in [5.74, 6) is -0.259. The summed E-state index contributed by atoms with van der Waals surface area (Å²) in [5.41, 5.74) is 1.00. The summed E-state index contributed by atoms with van der Waals surface area (Å²) in [6.45, 7) is 2.06. The zero-order chi connectivity index (χ0) is 23.0. The molecule has 1 aromatic rings. The van der Waals surface area contributed by atoms with Crippen molar-refractivity contribution in [2.24, 2.45) is 4.99 Å². The molecule has 3 unspecified atom stereocenters. The lowest BCUT2D eigenvalue weighted by Crippen LogP contribution is -2.50. The van der Waals surface area contributed by atoms with E-state index in [1.54, 1.807) is 6.08 Å². The number of nitrogens with zero attached hydrogens (tertiary/aromatic N) is 2. The number of carbonyl (C=O) groups excluding carboxylic acids is 1. The predicted octanol–water partition coefficient (Wildman–Crippen LogP) is 1.59. The summed E-state index contributed by atoms with van der Waals surface area (Å²) in [4.78, 5) is 17.0. The van der Waals surface area contributed by atoms with Gasteiger partial charge in [0.1, 0.15) is 17.6 Å². The Morgan fingerprint density at radius 2 is 1.90 bits per heavy atom. The second-order valence-electron chi connectivity index (χ2n) is 7.88. The highest BCUT2D eigenvalue weighted by atomic mass is 32.2. The lowest BCUT2D eigenvalue weighted by molar-refractivity contribution is -0.119. The van der Waals surface area contributed by atoms with E-state index in [4.69, 9.17) is 0 Å². The maximum absolute atomic E-state index is 12.8. The van der Waals surface area contributed by atoms with Crippen molar-refractivity contribution in [2.45, 2.75) is 63.7 Å². The Kier molecular flexibility index (Phi) is 9.21. The van der Waals surface area contributed by atoms with E-state index in [2.05, 4.69) is 17.2 Å². The number of benzene rings is 1. The highest BCUT2D eigenvalue weighted by Gasteiger charge is 2.30. The molecule has 1 aliphatic heterocycles. The lowest BCUT2D eigenvalue weighted by atomic mass is 9.95. The van der Waals surface area contributed by atoms with E-state index in [1.165, 1.54) is 7.05 Å². The normalized spacial score (nSPS) is 16.8. The summed E-state index contributed by atoms with van der Waals surface area (Å²) in [6.07, 6.45) is 4.26. The summed E-state index contributed by atoms with van der Waals surface area (Å²) < 4.78 is 24.5. The summed E-state index contributed by atoms with van der Waals surface area (Å²) in [5, 5.41) is 24.0. The van der Waals surface area contributed by atoms with E-state index >= 15 is 0 Å². The van der Waals surface area contributed by atoms with Gasteiger partial charge in [-0.25, -0.2) is 13.4 Å². The first-order chi connectivity index (χ1) is 14.6. The van der Waals surface area contributed by atoms with E-state index in [0.29, 0.717) is 12.8 Å². The SMILES string of the molecule is CCCCCC(O)C(O)C(Cc1ccccc1)NC(=O)C1=CCC(N(C)S(C)(=O)=O)=N1. The molecule has 0 saturated carbocycles. The van der Waals surface area contributed by atoms with Gasteiger partial charge in [0.25, 0.3) is 5.91 Å². The minimum absolute atomic E-state index is 0.0937. The molecule has 3 atom stereocenters. The number of hydrogen-bond acceptors (Lipinski definition) is 6. The monoisotopic (exact) mass is 451 g/mol. The number of rotatable bonds is 11. The third-order valence-electron chi connectivity index (χ3n) is 5.35. The number of nitrogens with one attached hydrogen (secondary N) is 1. The van der Waals surface area contributed by atoms with Gasteiger partial charge in [0.2, 0.25) is 10.0 Å². The number of aliphatic hydroxyl groups excluding tert-OH is 2. The maximum Gasteiger partial charge on any atom is 0.269 e. The number of hydrogen-bond donors (Lipinski definition) is 3. The molecule has 1 aliphatic rings. The van der Waals surface area contributed by atoms with Crippen LogP contribution in [0.25, 0.3) is 0 Å². The van der Waals surface area contributed by atoms with Gasteiger partial charge < -0.3 is 15.5 Å². The van der Waals surface area contributed by atoms with E-state index < -0.39 is 34.2 Å². The number of carbonyl (C=O) groups is 1. The molecule has 0 spiro atoms. The molecule has 1 aromatic carbocycles. The Morgan fingerprint density at radius 1 is 1.23 bits per heavy atom. The van der Waals surface area contributed by atoms with Crippen LogP contribution in [0.1, 0.15) is 44.6 Å². The van der Waals surface area contributed by atoms with Crippen molar-refractivity contribution in [1.82, 2.24) is 9.62 Å². The highest BCUT2D eigenvalue weighted by Crippen LogP contribution is 2.17. The van der Waals surface area contributed by atoms with Gasteiger partial charge in [-0.2, -0.15) is 0 Å². The van der Waals surface area contributed by atoms with Gasteiger partial charge in [0.15, 0.2) is 0 Å². The Balaban J connectivity index is 2.13. The molecular weight excluding hydrogens is 418 g/mol. The molecule has 2 rings (SSSR count). The molecule has 3 N–H and O–H groups in total. The quantitative estimate of drug-likeness (QED) is 0.442. The van der Waals surface area contributed by atoms with Gasteiger partial charge in [-0.05, 0) is 24.5 Å². The van der Waals surface area contributed by atoms with E-state index in [-0.39, 0.29) is 18.0 Å². The first kappa shape index (κ1) is 25.0. The zero-order valence-corrected chi connectivity index (χ0v) is 19.2. The first-order valence-corrected chi connectivity index (χ1v) is 12.4. The maximum atomic E-state index is 12.8. The average Bonchev–Trinajstić information content (AvgIpc) is 3.22. The van der Waals surface area contributed by atoms with Crippen LogP contribution in [0.4, 0.5) is 0 Å². The van der Waals surface area contributed by atoms with Crippen LogP contribution in [0, 0.1) is 0 Å². The number of aliphatic imine (C=N–C) groups is 1. The lowest BCUT2D eigenvalue weighted by Gasteiger charge is -2.28.